The number of hydrogen-bond acceptors (Lipinski definition) is 5. The number of aliphatic hydroxyl groups excluding tert-OH is 2. The van der Waals surface area contributed by atoms with Gasteiger partial charge in [0.2, 0.25) is 5.91 Å². The summed E-state index contributed by atoms with van der Waals surface area (Å²) in [5.41, 5.74) is 0. The Kier molecular flexibility index (Phi) is 67.9. The summed E-state index contributed by atoms with van der Waals surface area (Å²) in [6.07, 6.45) is 89.1. The van der Waals surface area contributed by atoms with Crippen LogP contribution in [0.5, 0.6) is 0 Å². The van der Waals surface area contributed by atoms with Gasteiger partial charge in [-0.15, -0.1) is 0 Å². The minimum atomic E-state index is -0.665. The van der Waals surface area contributed by atoms with Crippen molar-refractivity contribution >= 4 is 11.9 Å². The van der Waals surface area contributed by atoms with Crippen LogP contribution in [0.25, 0.3) is 0 Å². The van der Waals surface area contributed by atoms with Gasteiger partial charge in [-0.05, 0) is 83.5 Å². The van der Waals surface area contributed by atoms with E-state index in [4.69, 9.17) is 4.74 Å². The van der Waals surface area contributed by atoms with Gasteiger partial charge in [0.15, 0.2) is 0 Å². The highest BCUT2D eigenvalue weighted by Crippen LogP contribution is 2.19. The fraction of sp³-hybridized carbons (Fsp3) is 0.892. The molecule has 6 nitrogen and oxygen atoms in total. The third-order valence-corrected chi connectivity index (χ3v) is 16.9. The molecule has 0 bridgehead atoms. The third kappa shape index (κ3) is 65.2. The van der Waals surface area contributed by atoms with Crippen molar-refractivity contribution < 1.29 is 24.5 Å². The second kappa shape index (κ2) is 69.6. The molecule has 3 N–H and O–H groups in total. The minimum absolute atomic E-state index is 0.00294. The van der Waals surface area contributed by atoms with E-state index in [1.54, 1.807) is 0 Å². The van der Waals surface area contributed by atoms with Crippen LogP contribution < -0.4 is 5.32 Å². The molecule has 472 valence electrons. The summed E-state index contributed by atoms with van der Waals surface area (Å²) in [6, 6.07) is -0.542. The maximum absolute atomic E-state index is 12.5. The fourth-order valence-corrected chi connectivity index (χ4v) is 11.4. The second-order valence-electron chi connectivity index (χ2n) is 24.9. The molecule has 0 saturated carbocycles. The standard InChI is InChI=1S/C74H141NO5/c1-3-5-7-9-11-13-15-17-19-20-32-35-39-42-46-50-54-58-62-66-72(77)71(70-76)75-73(78)67-63-59-55-51-47-43-40-36-33-30-28-26-24-22-21-23-25-27-29-31-34-37-41-45-49-53-57-61-65-69-80-74(79)68-64-60-56-52-48-44-38-18-16-14-12-10-8-6-4-2/h12,14,18,21,23,38,71-72,76-77H,3-11,13,15-17,19-20,22,24-37,39-70H2,1-2H3,(H,75,78)/b14-12-,23-21-,38-18-. The average molecular weight is 1120 g/mol. The monoisotopic (exact) mass is 1120 g/mol. The van der Waals surface area contributed by atoms with Crippen LogP contribution in [0.4, 0.5) is 0 Å². The first-order valence-corrected chi connectivity index (χ1v) is 36.2. The fourth-order valence-electron chi connectivity index (χ4n) is 11.4. The summed E-state index contributed by atoms with van der Waals surface area (Å²) in [5.74, 6) is -0.0275. The van der Waals surface area contributed by atoms with E-state index in [2.05, 4.69) is 55.6 Å². The van der Waals surface area contributed by atoms with Crippen LogP contribution in [0.15, 0.2) is 36.5 Å². The van der Waals surface area contributed by atoms with Crippen LogP contribution in [-0.2, 0) is 14.3 Å². The Morgan fingerprint density at radius 3 is 0.988 bits per heavy atom. The number of carbonyl (C=O) groups excluding carboxylic acids is 2. The van der Waals surface area contributed by atoms with E-state index < -0.39 is 12.1 Å². The van der Waals surface area contributed by atoms with Gasteiger partial charge in [0.1, 0.15) is 0 Å². The third-order valence-electron chi connectivity index (χ3n) is 16.9. The smallest absolute Gasteiger partial charge is 0.305 e. The average Bonchev–Trinajstić information content (AvgIpc) is 3.46. The highest BCUT2D eigenvalue weighted by Gasteiger charge is 2.20. The zero-order valence-electron chi connectivity index (χ0n) is 54.1. The van der Waals surface area contributed by atoms with E-state index >= 15 is 0 Å². The van der Waals surface area contributed by atoms with Gasteiger partial charge in [0.05, 0.1) is 25.4 Å². The molecule has 0 saturated heterocycles. The van der Waals surface area contributed by atoms with Crippen LogP contribution in [0.2, 0.25) is 0 Å². The molecule has 0 aromatic carbocycles. The molecule has 0 radical (unpaired) electrons. The van der Waals surface area contributed by atoms with Crippen molar-refractivity contribution in [2.75, 3.05) is 13.2 Å². The SMILES string of the molecule is CCCCC/C=C\C/C=C\CCCCCCCC(=O)OCCCCCCCCCCCCCC/C=C\CCCCCCCCCCCCCCCC(=O)NC(CO)C(O)CCCCCCCCCCCCCCCCCCCCC. The Morgan fingerprint density at radius 2 is 0.625 bits per heavy atom. The van der Waals surface area contributed by atoms with Crippen molar-refractivity contribution in [1.82, 2.24) is 5.32 Å². The highest BCUT2D eigenvalue weighted by atomic mass is 16.5. The summed E-state index contributed by atoms with van der Waals surface area (Å²) in [5, 5.41) is 23.4. The summed E-state index contributed by atoms with van der Waals surface area (Å²) in [7, 11) is 0. The number of ether oxygens (including phenoxy) is 1. The van der Waals surface area contributed by atoms with E-state index in [-0.39, 0.29) is 18.5 Å². The van der Waals surface area contributed by atoms with E-state index in [1.807, 2.05) is 0 Å². The Labute approximate surface area is 500 Å². The molecule has 2 atom stereocenters. The number of aliphatic hydroxyl groups is 2. The number of carbonyl (C=O) groups is 2. The van der Waals surface area contributed by atoms with Gasteiger partial charge in [-0.1, -0.05) is 339 Å². The molecule has 0 heterocycles. The summed E-state index contributed by atoms with van der Waals surface area (Å²) in [6.45, 7) is 4.96. The van der Waals surface area contributed by atoms with Gasteiger partial charge in [-0.2, -0.15) is 0 Å². The number of unbranched alkanes of at least 4 members (excludes halogenated alkanes) is 51. The molecular weight excluding hydrogens is 983 g/mol. The molecule has 2 unspecified atom stereocenters. The number of esters is 1. The number of nitrogens with one attached hydrogen (secondary N) is 1. The number of hydrogen-bond donors (Lipinski definition) is 3. The van der Waals surface area contributed by atoms with Crippen molar-refractivity contribution in [1.29, 1.82) is 0 Å². The predicted octanol–water partition coefficient (Wildman–Crippen LogP) is 23.5. The van der Waals surface area contributed by atoms with Crippen LogP contribution >= 0.6 is 0 Å². The molecule has 0 aromatic heterocycles. The van der Waals surface area contributed by atoms with Crippen molar-refractivity contribution in [3.63, 3.8) is 0 Å². The highest BCUT2D eigenvalue weighted by molar-refractivity contribution is 5.76. The predicted molar refractivity (Wildman–Crippen MR) is 352 cm³/mol. The molecule has 0 spiro atoms. The molecule has 0 rings (SSSR count). The molecule has 0 aliphatic rings. The van der Waals surface area contributed by atoms with Crippen LogP contribution in [0.1, 0.15) is 399 Å². The summed E-state index contributed by atoms with van der Waals surface area (Å²) >= 11 is 0. The minimum Gasteiger partial charge on any atom is -0.466 e. The maximum Gasteiger partial charge on any atom is 0.305 e. The maximum atomic E-state index is 12.5. The zero-order chi connectivity index (χ0) is 57.8. The number of allylic oxidation sites excluding steroid dienone is 6. The van der Waals surface area contributed by atoms with Crippen LogP contribution in [0.3, 0.4) is 0 Å². The topological polar surface area (TPSA) is 95.9 Å². The molecule has 0 fully saturated rings. The van der Waals surface area contributed by atoms with Gasteiger partial charge in [-0.3, -0.25) is 9.59 Å². The zero-order valence-corrected chi connectivity index (χ0v) is 54.1. The van der Waals surface area contributed by atoms with E-state index in [0.717, 1.165) is 51.4 Å². The molecular formula is C74H141NO5. The van der Waals surface area contributed by atoms with Crippen LogP contribution in [0, 0.1) is 0 Å². The van der Waals surface area contributed by atoms with Crippen molar-refractivity contribution in [2.45, 2.75) is 411 Å². The van der Waals surface area contributed by atoms with Gasteiger partial charge in [0, 0.05) is 12.8 Å². The Balaban J connectivity index is 3.38. The van der Waals surface area contributed by atoms with E-state index in [9.17, 15) is 19.8 Å². The van der Waals surface area contributed by atoms with Crippen LogP contribution in [-0.4, -0.2) is 47.4 Å². The summed E-state index contributed by atoms with van der Waals surface area (Å²) in [4.78, 5) is 24.6. The lowest BCUT2D eigenvalue weighted by Crippen LogP contribution is -2.45. The number of rotatable bonds is 68. The first kappa shape index (κ1) is 78.1. The molecule has 0 aliphatic carbocycles. The largest absolute Gasteiger partial charge is 0.466 e. The first-order chi connectivity index (χ1) is 39.5. The van der Waals surface area contributed by atoms with Crippen molar-refractivity contribution in [3.8, 4) is 0 Å². The van der Waals surface area contributed by atoms with Gasteiger partial charge in [-0.25, -0.2) is 0 Å². The van der Waals surface area contributed by atoms with Crippen molar-refractivity contribution in [2.24, 2.45) is 0 Å². The lowest BCUT2D eigenvalue weighted by molar-refractivity contribution is -0.143. The van der Waals surface area contributed by atoms with Gasteiger partial charge < -0.3 is 20.3 Å². The van der Waals surface area contributed by atoms with E-state index in [0.29, 0.717) is 25.9 Å². The van der Waals surface area contributed by atoms with Gasteiger partial charge >= 0.3 is 5.97 Å². The quantitative estimate of drug-likeness (QED) is 0.0320. The molecule has 1 amide bonds. The molecule has 0 aromatic rings. The van der Waals surface area contributed by atoms with E-state index in [1.165, 1.54) is 315 Å². The Morgan fingerprint density at radius 1 is 0.350 bits per heavy atom. The molecule has 6 heteroatoms. The lowest BCUT2D eigenvalue weighted by Gasteiger charge is -2.22. The normalized spacial score (nSPS) is 12.7. The molecule has 80 heavy (non-hydrogen) atoms. The second-order valence-corrected chi connectivity index (χ2v) is 24.9. The Bertz CT molecular complexity index is 1300. The summed E-state index contributed by atoms with van der Waals surface area (Å²) < 4.78 is 5.49. The lowest BCUT2D eigenvalue weighted by atomic mass is 10.0. The molecule has 0 aliphatic heterocycles. The van der Waals surface area contributed by atoms with Crippen molar-refractivity contribution in [3.05, 3.63) is 36.5 Å². The first-order valence-electron chi connectivity index (χ1n) is 36.2. The van der Waals surface area contributed by atoms with Gasteiger partial charge in [0.25, 0.3) is 0 Å². The Hall–Kier alpha value is -1.92. The number of amides is 1.